The summed E-state index contributed by atoms with van der Waals surface area (Å²) in [5, 5.41) is 11.4. The minimum Gasteiger partial charge on any atom is -0.497 e. The largest absolute Gasteiger partial charge is 0.497 e. The average molecular weight is 488 g/mol. The number of H-pyrrole nitrogens is 1. The van der Waals surface area contributed by atoms with E-state index in [2.05, 4.69) is 15.5 Å². The molecule has 0 saturated heterocycles. The van der Waals surface area contributed by atoms with Crippen molar-refractivity contribution in [1.29, 1.82) is 0 Å². The molecule has 0 aliphatic rings. The zero-order valence-electron chi connectivity index (χ0n) is 20.2. The second-order valence-corrected chi connectivity index (χ2v) is 8.29. The number of amides is 1. The second kappa shape index (κ2) is 11.1. The van der Waals surface area contributed by atoms with Gasteiger partial charge in [0.1, 0.15) is 17.2 Å². The van der Waals surface area contributed by atoms with Crippen molar-refractivity contribution in [2.75, 3.05) is 12.4 Å². The van der Waals surface area contributed by atoms with Crippen LogP contribution in [0.25, 0.3) is 29.1 Å². The Kier molecular flexibility index (Phi) is 7.09. The second-order valence-electron chi connectivity index (χ2n) is 8.29. The minimum atomic E-state index is -0.241. The van der Waals surface area contributed by atoms with Gasteiger partial charge in [-0.1, -0.05) is 54.6 Å². The lowest BCUT2D eigenvalue weighted by atomic mass is 10.1. The summed E-state index contributed by atoms with van der Waals surface area (Å²) in [6.07, 6.45) is 7.24. The number of fused-ring (bicyclic) bond motifs is 1. The fraction of sp³-hybridized carbons (Fsp3) is 0.0323. The van der Waals surface area contributed by atoms with Crippen molar-refractivity contribution in [3.63, 3.8) is 0 Å². The molecule has 5 rings (SSSR count). The molecular weight excluding hydrogens is 462 g/mol. The number of methoxy groups -OCH3 is 1. The quantitative estimate of drug-likeness (QED) is 0.227. The molecule has 0 spiro atoms. The zero-order valence-corrected chi connectivity index (χ0v) is 20.2. The van der Waals surface area contributed by atoms with Gasteiger partial charge >= 0.3 is 0 Å². The number of rotatable bonds is 8. The Morgan fingerprint density at radius 3 is 2.43 bits per heavy atom. The molecule has 1 heterocycles. The molecule has 0 bridgehead atoms. The van der Waals surface area contributed by atoms with Crippen molar-refractivity contribution < 1.29 is 14.3 Å². The molecule has 0 aliphatic carbocycles. The van der Waals surface area contributed by atoms with Crippen LogP contribution in [-0.2, 0) is 4.79 Å². The topological polar surface area (TPSA) is 76.2 Å². The van der Waals surface area contributed by atoms with E-state index in [9.17, 15) is 4.79 Å². The normalized spacial score (nSPS) is 11.3. The van der Waals surface area contributed by atoms with E-state index in [0.29, 0.717) is 17.2 Å². The summed E-state index contributed by atoms with van der Waals surface area (Å²) in [5.74, 6) is 1.77. The van der Waals surface area contributed by atoms with Gasteiger partial charge in [-0.15, -0.1) is 0 Å². The number of hydrogen-bond donors (Lipinski definition) is 2. The molecule has 5 aromatic rings. The minimum absolute atomic E-state index is 0.241. The molecule has 0 atom stereocenters. The summed E-state index contributed by atoms with van der Waals surface area (Å²) >= 11 is 0. The van der Waals surface area contributed by atoms with E-state index < -0.39 is 0 Å². The van der Waals surface area contributed by atoms with Crippen molar-refractivity contribution in [2.24, 2.45) is 0 Å². The van der Waals surface area contributed by atoms with Crippen LogP contribution < -0.4 is 14.8 Å². The first-order valence-electron chi connectivity index (χ1n) is 11.8. The van der Waals surface area contributed by atoms with Crippen LogP contribution in [-0.4, -0.2) is 23.2 Å². The molecule has 0 fully saturated rings. The SMILES string of the molecule is COc1cccc(/C=C/C(=O)Nc2cccc(Oc3ccc4c(/C=C/c5ccccc5)n[nH]c4c3)c2)c1. The van der Waals surface area contributed by atoms with Crippen LogP contribution in [0.2, 0.25) is 0 Å². The molecule has 182 valence electrons. The smallest absolute Gasteiger partial charge is 0.248 e. The molecular formula is C31H25N3O3. The van der Waals surface area contributed by atoms with E-state index in [4.69, 9.17) is 9.47 Å². The van der Waals surface area contributed by atoms with Gasteiger partial charge in [0.05, 0.1) is 18.3 Å². The summed E-state index contributed by atoms with van der Waals surface area (Å²) < 4.78 is 11.3. The molecule has 0 aliphatic heterocycles. The number of aromatic nitrogens is 2. The molecule has 0 saturated carbocycles. The highest BCUT2D eigenvalue weighted by atomic mass is 16.5. The van der Waals surface area contributed by atoms with Crippen molar-refractivity contribution >= 4 is 40.7 Å². The molecule has 0 unspecified atom stereocenters. The number of hydrogen-bond acceptors (Lipinski definition) is 4. The molecule has 2 N–H and O–H groups in total. The van der Waals surface area contributed by atoms with E-state index >= 15 is 0 Å². The van der Waals surface area contributed by atoms with E-state index in [0.717, 1.165) is 33.5 Å². The number of carbonyl (C=O) groups is 1. The highest BCUT2D eigenvalue weighted by Crippen LogP contribution is 2.28. The highest BCUT2D eigenvalue weighted by Gasteiger charge is 2.07. The third-order valence-electron chi connectivity index (χ3n) is 5.66. The number of anilines is 1. The summed E-state index contributed by atoms with van der Waals surface area (Å²) in [7, 11) is 1.61. The first kappa shape index (κ1) is 23.6. The van der Waals surface area contributed by atoms with Gasteiger partial charge in [0, 0.05) is 29.3 Å². The Balaban J connectivity index is 1.24. The molecule has 4 aromatic carbocycles. The van der Waals surface area contributed by atoms with Gasteiger partial charge in [0.2, 0.25) is 5.91 Å². The predicted molar refractivity (Wildman–Crippen MR) is 149 cm³/mol. The number of ether oxygens (including phenoxy) is 2. The van der Waals surface area contributed by atoms with Gasteiger partial charge < -0.3 is 14.8 Å². The monoisotopic (exact) mass is 487 g/mol. The van der Waals surface area contributed by atoms with Crippen LogP contribution in [0.15, 0.2) is 103 Å². The van der Waals surface area contributed by atoms with Crippen LogP contribution in [0.4, 0.5) is 5.69 Å². The Morgan fingerprint density at radius 2 is 1.57 bits per heavy atom. The lowest BCUT2D eigenvalue weighted by Crippen LogP contribution is -2.07. The lowest BCUT2D eigenvalue weighted by molar-refractivity contribution is -0.111. The number of carbonyl (C=O) groups excluding carboxylic acids is 1. The predicted octanol–water partition coefficient (Wildman–Crippen LogP) is 7.19. The summed E-state index contributed by atoms with van der Waals surface area (Å²) in [6.45, 7) is 0. The maximum atomic E-state index is 12.4. The van der Waals surface area contributed by atoms with Crippen LogP contribution in [0, 0.1) is 0 Å². The van der Waals surface area contributed by atoms with Crippen LogP contribution in [0.5, 0.6) is 17.2 Å². The number of nitrogens with one attached hydrogen (secondary N) is 2. The number of nitrogens with zero attached hydrogens (tertiary/aromatic N) is 1. The maximum absolute atomic E-state index is 12.4. The van der Waals surface area contributed by atoms with Crippen molar-refractivity contribution in [2.45, 2.75) is 0 Å². The van der Waals surface area contributed by atoms with Crippen LogP contribution in [0.1, 0.15) is 16.8 Å². The molecule has 0 radical (unpaired) electrons. The molecule has 1 aromatic heterocycles. The van der Waals surface area contributed by atoms with Gasteiger partial charge in [0.25, 0.3) is 0 Å². The Labute approximate surface area is 214 Å². The van der Waals surface area contributed by atoms with E-state index in [-0.39, 0.29) is 5.91 Å². The Hall–Kier alpha value is -5.10. The number of aromatic amines is 1. The zero-order chi connectivity index (χ0) is 25.5. The van der Waals surface area contributed by atoms with Crippen LogP contribution in [0.3, 0.4) is 0 Å². The Bertz CT molecular complexity index is 1590. The van der Waals surface area contributed by atoms with Crippen molar-refractivity contribution in [3.8, 4) is 17.2 Å². The molecule has 6 heteroatoms. The van der Waals surface area contributed by atoms with Gasteiger partial charge in [-0.25, -0.2) is 0 Å². The first-order chi connectivity index (χ1) is 18.2. The van der Waals surface area contributed by atoms with Gasteiger partial charge in [0.15, 0.2) is 0 Å². The average Bonchev–Trinajstić information content (AvgIpc) is 3.34. The van der Waals surface area contributed by atoms with Gasteiger partial charge in [-0.2, -0.15) is 5.10 Å². The summed E-state index contributed by atoms with van der Waals surface area (Å²) in [4.78, 5) is 12.4. The molecule has 1 amide bonds. The van der Waals surface area contributed by atoms with E-state index in [1.54, 1.807) is 19.3 Å². The van der Waals surface area contributed by atoms with Crippen molar-refractivity contribution in [1.82, 2.24) is 10.2 Å². The fourth-order valence-corrected chi connectivity index (χ4v) is 3.82. The summed E-state index contributed by atoms with van der Waals surface area (Å²) in [6, 6.07) is 30.6. The Morgan fingerprint density at radius 1 is 0.784 bits per heavy atom. The first-order valence-corrected chi connectivity index (χ1v) is 11.8. The van der Waals surface area contributed by atoms with Crippen LogP contribution >= 0.6 is 0 Å². The third-order valence-corrected chi connectivity index (χ3v) is 5.66. The number of benzene rings is 4. The molecule has 37 heavy (non-hydrogen) atoms. The standard InChI is InChI=1S/C31H25N3O3/c1-36-25-11-5-9-23(19-25)14-18-31(35)32-24-10-6-12-26(20-24)37-27-15-16-28-29(33-34-30(28)21-27)17-13-22-7-3-2-4-8-22/h2-21H,1H3,(H,32,35)(H,33,34)/b17-13+,18-14+. The highest BCUT2D eigenvalue weighted by molar-refractivity contribution is 6.02. The van der Waals surface area contributed by atoms with Gasteiger partial charge in [-0.05, 0) is 59.7 Å². The molecule has 6 nitrogen and oxygen atoms in total. The maximum Gasteiger partial charge on any atom is 0.248 e. The van der Waals surface area contributed by atoms with Gasteiger partial charge in [-0.3, -0.25) is 9.89 Å². The fourth-order valence-electron chi connectivity index (χ4n) is 3.82. The van der Waals surface area contributed by atoms with E-state index in [1.807, 2.05) is 103 Å². The lowest BCUT2D eigenvalue weighted by Gasteiger charge is -2.08. The third kappa shape index (κ3) is 6.13. The van der Waals surface area contributed by atoms with E-state index in [1.165, 1.54) is 6.08 Å². The summed E-state index contributed by atoms with van der Waals surface area (Å²) in [5.41, 5.74) is 4.35. The van der Waals surface area contributed by atoms with Crippen molar-refractivity contribution in [3.05, 3.63) is 120 Å².